The molecule has 5 N–H and O–H groups in total. The highest BCUT2D eigenvalue weighted by molar-refractivity contribution is 5.88. The lowest BCUT2D eigenvalue weighted by Gasteiger charge is -2.26. The molecular formula is C19H27N5O2. The SMILES string of the molecule is CC(=O)Nc1cc(-c2cnc(OC[C@@](C)(N)CC(C)C)c(N)c2)ccn1. The summed E-state index contributed by atoms with van der Waals surface area (Å²) in [5.41, 5.74) is 14.0. The molecule has 0 radical (unpaired) electrons. The van der Waals surface area contributed by atoms with Gasteiger partial charge in [-0.25, -0.2) is 9.97 Å². The van der Waals surface area contributed by atoms with E-state index >= 15 is 0 Å². The number of ether oxygens (including phenoxy) is 1. The first-order valence-corrected chi connectivity index (χ1v) is 8.57. The van der Waals surface area contributed by atoms with Crippen molar-refractivity contribution in [1.29, 1.82) is 0 Å². The lowest BCUT2D eigenvalue weighted by Crippen LogP contribution is -2.43. The molecule has 7 heteroatoms. The van der Waals surface area contributed by atoms with E-state index in [4.69, 9.17) is 16.2 Å². The molecule has 7 nitrogen and oxygen atoms in total. The molecule has 0 saturated heterocycles. The lowest BCUT2D eigenvalue weighted by molar-refractivity contribution is -0.114. The second-order valence-corrected chi connectivity index (χ2v) is 7.27. The molecule has 0 saturated carbocycles. The molecule has 140 valence electrons. The third-order valence-electron chi connectivity index (χ3n) is 3.69. The summed E-state index contributed by atoms with van der Waals surface area (Å²) in [6, 6.07) is 5.37. The number of nitrogens with zero attached hydrogens (tertiary/aromatic N) is 2. The summed E-state index contributed by atoms with van der Waals surface area (Å²) in [6.45, 7) is 7.97. The molecule has 1 atom stereocenters. The Morgan fingerprint density at radius 2 is 2.04 bits per heavy atom. The van der Waals surface area contributed by atoms with Crippen molar-refractivity contribution in [3.8, 4) is 17.0 Å². The van der Waals surface area contributed by atoms with Gasteiger partial charge in [0.25, 0.3) is 0 Å². The van der Waals surface area contributed by atoms with Crippen LogP contribution < -0.4 is 21.5 Å². The van der Waals surface area contributed by atoms with Gasteiger partial charge in [0.1, 0.15) is 12.4 Å². The van der Waals surface area contributed by atoms with Crippen LogP contribution in [0.2, 0.25) is 0 Å². The number of anilines is 2. The predicted octanol–water partition coefficient (Wildman–Crippen LogP) is 2.83. The van der Waals surface area contributed by atoms with Crippen LogP contribution in [0.15, 0.2) is 30.6 Å². The molecule has 0 aliphatic heterocycles. The monoisotopic (exact) mass is 357 g/mol. The van der Waals surface area contributed by atoms with Crippen molar-refractivity contribution >= 4 is 17.4 Å². The van der Waals surface area contributed by atoms with Crippen LogP contribution in [0.4, 0.5) is 11.5 Å². The number of pyridine rings is 2. The first kappa shape index (κ1) is 19.7. The Kier molecular flexibility index (Phi) is 6.15. The van der Waals surface area contributed by atoms with Gasteiger partial charge in [-0.2, -0.15) is 0 Å². The van der Waals surface area contributed by atoms with Crippen molar-refractivity contribution in [2.75, 3.05) is 17.7 Å². The molecule has 0 fully saturated rings. The van der Waals surface area contributed by atoms with Crippen LogP contribution >= 0.6 is 0 Å². The van der Waals surface area contributed by atoms with Crippen molar-refractivity contribution in [1.82, 2.24) is 9.97 Å². The molecule has 26 heavy (non-hydrogen) atoms. The maximum atomic E-state index is 11.2. The van der Waals surface area contributed by atoms with E-state index < -0.39 is 5.54 Å². The van der Waals surface area contributed by atoms with E-state index in [-0.39, 0.29) is 5.91 Å². The fourth-order valence-electron chi connectivity index (χ4n) is 2.83. The molecule has 0 spiro atoms. The third kappa shape index (κ3) is 5.70. The molecule has 1 amide bonds. The van der Waals surface area contributed by atoms with Crippen LogP contribution in [0.5, 0.6) is 5.88 Å². The Labute approximate surface area is 154 Å². The lowest BCUT2D eigenvalue weighted by atomic mass is 9.93. The number of nitrogen functional groups attached to an aromatic ring is 1. The smallest absolute Gasteiger partial charge is 0.237 e. The van der Waals surface area contributed by atoms with E-state index in [1.165, 1.54) is 6.92 Å². The van der Waals surface area contributed by atoms with Crippen LogP contribution in [-0.2, 0) is 4.79 Å². The van der Waals surface area contributed by atoms with Gasteiger partial charge in [0.2, 0.25) is 11.8 Å². The fourth-order valence-corrected chi connectivity index (χ4v) is 2.83. The Bertz CT molecular complexity index is 774. The average molecular weight is 357 g/mol. The number of nitrogens with one attached hydrogen (secondary N) is 1. The zero-order valence-electron chi connectivity index (χ0n) is 15.7. The highest BCUT2D eigenvalue weighted by Gasteiger charge is 2.22. The molecule has 2 aromatic heterocycles. The van der Waals surface area contributed by atoms with E-state index in [9.17, 15) is 4.79 Å². The highest BCUT2D eigenvalue weighted by Crippen LogP contribution is 2.27. The summed E-state index contributed by atoms with van der Waals surface area (Å²) in [5.74, 6) is 1.14. The first-order chi connectivity index (χ1) is 12.2. The minimum atomic E-state index is -0.445. The largest absolute Gasteiger partial charge is 0.474 e. The second kappa shape index (κ2) is 8.14. The number of hydrogen-bond donors (Lipinski definition) is 3. The number of hydrogen-bond acceptors (Lipinski definition) is 6. The van der Waals surface area contributed by atoms with Crippen LogP contribution in [0, 0.1) is 5.92 Å². The zero-order chi connectivity index (χ0) is 19.3. The topological polar surface area (TPSA) is 116 Å². The maximum Gasteiger partial charge on any atom is 0.237 e. The van der Waals surface area contributed by atoms with Gasteiger partial charge in [0, 0.05) is 30.4 Å². The Morgan fingerprint density at radius 3 is 2.65 bits per heavy atom. The van der Waals surface area contributed by atoms with Crippen LogP contribution in [-0.4, -0.2) is 28.0 Å². The highest BCUT2D eigenvalue weighted by atomic mass is 16.5. The summed E-state index contributed by atoms with van der Waals surface area (Å²) in [4.78, 5) is 19.6. The van der Waals surface area contributed by atoms with Crippen molar-refractivity contribution in [2.24, 2.45) is 11.7 Å². The molecule has 0 bridgehead atoms. The summed E-state index contributed by atoms with van der Waals surface area (Å²) in [6.07, 6.45) is 4.13. The van der Waals surface area contributed by atoms with Crippen LogP contribution in [0.1, 0.15) is 34.1 Å². The maximum absolute atomic E-state index is 11.2. The summed E-state index contributed by atoms with van der Waals surface area (Å²) in [5, 5.41) is 2.65. The summed E-state index contributed by atoms with van der Waals surface area (Å²) < 4.78 is 5.74. The predicted molar refractivity (Wildman–Crippen MR) is 104 cm³/mol. The number of nitrogens with two attached hydrogens (primary N) is 2. The van der Waals surface area contributed by atoms with Crippen LogP contribution in [0.25, 0.3) is 11.1 Å². The van der Waals surface area contributed by atoms with Gasteiger partial charge in [0.15, 0.2) is 0 Å². The van der Waals surface area contributed by atoms with Crippen molar-refractivity contribution < 1.29 is 9.53 Å². The van der Waals surface area contributed by atoms with Gasteiger partial charge >= 0.3 is 0 Å². The number of carbonyl (C=O) groups excluding carboxylic acids is 1. The number of rotatable bonds is 7. The minimum Gasteiger partial charge on any atom is -0.474 e. The van der Waals surface area contributed by atoms with E-state index in [0.717, 1.165) is 17.5 Å². The van der Waals surface area contributed by atoms with Crippen molar-refractivity contribution in [2.45, 2.75) is 39.7 Å². The van der Waals surface area contributed by atoms with Gasteiger partial charge in [0.05, 0.1) is 5.69 Å². The third-order valence-corrected chi connectivity index (χ3v) is 3.69. The normalized spacial score (nSPS) is 13.3. The molecule has 2 heterocycles. The minimum absolute atomic E-state index is 0.178. The van der Waals surface area contributed by atoms with Gasteiger partial charge < -0.3 is 21.5 Å². The molecule has 2 rings (SSSR count). The molecule has 0 unspecified atom stereocenters. The standard InChI is InChI=1S/C19H27N5O2/c1-12(2)9-19(4,21)11-26-18-16(20)7-15(10-23-18)14-5-6-22-17(8-14)24-13(3)25/h5-8,10,12H,9,11,20-21H2,1-4H3,(H,22,24,25)/t19-/m0/s1. The Balaban J connectivity index is 2.13. The average Bonchev–Trinajstić information content (AvgIpc) is 2.52. The Morgan fingerprint density at radius 1 is 1.31 bits per heavy atom. The Hall–Kier alpha value is -2.67. The van der Waals surface area contributed by atoms with Gasteiger partial charge in [-0.1, -0.05) is 13.8 Å². The van der Waals surface area contributed by atoms with Crippen LogP contribution in [0.3, 0.4) is 0 Å². The second-order valence-electron chi connectivity index (χ2n) is 7.27. The molecule has 2 aromatic rings. The van der Waals surface area contributed by atoms with Crippen molar-refractivity contribution in [3.05, 3.63) is 30.6 Å². The molecule has 0 aliphatic carbocycles. The number of amides is 1. The van der Waals surface area contributed by atoms with E-state index in [1.807, 2.05) is 13.0 Å². The number of carbonyl (C=O) groups is 1. The fraction of sp³-hybridized carbons (Fsp3) is 0.421. The van der Waals surface area contributed by atoms with E-state index in [1.54, 1.807) is 24.5 Å². The van der Waals surface area contributed by atoms with Gasteiger partial charge in [-0.05, 0) is 43.0 Å². The van der Waals surface area contributed by atoms with E-state index in [2.05, 4.69) is 29.1 Å². The van der Waals surface area contributed by atoms with E-state index in [0.29, 0.717) is 29.9 Å². The number of aromatic nitrogens is 2. The molecule has 0 aromatic carbocycles. The first-order valence-electron chi connectivity index (χ1n) is 8.57. The quantitative estimate of drug-likeness (QED) is 0.701. The molecule has 0 aliphatic rings. The summed E-state index contributed by atoms with van der Waals surface area (Å²) >= 11 is 0. The summed E-state index contributed by atoms with van der Waals surface area (Å²) in [7, 11) is 0. The van der Waals surface area contributed by atoms with Gasteiger partial charge in [-0.3, -0.25) is 4.79 Å². The molecular weight excluding hydrogens is 330 g/mol. The van der Waals surface area contributed by atoms with Gasteiger partial charge in [-0.15, -0.1) is 0 Å². The zero-order valence-corrected chi connectivity index (χ0v) is 15.7. The van der Waals surface area contributed by atoms with Crippen molar-refractivity contribution in [3.63, 3.8) is 0 Å².